The number of carboxylic acids is 1. The van der Waals surface area contributed by atoms with Gasteiger partial charge in [-0.05, 0) is 43.2 Å². The zero-order chi connectivity index (χ0) is 13.2. The highest BCUT2D eigenvalue weighted by atomic mass is 16.5. The quantitative estimate of drug-likeness (QED) is 0.552. The van der Waals surface area contributed by atoms with Crippen LogP contribution in [0.15, 0.2) is 36.6 Å². The molecule has 0 aromatic heterocycles. The average molecular weight is 248 g/mol. The first kappa shape index (κ1) is 14.3. The van der Waals surface area contributed by atoms with Crippen molar-refractivity contribution in [2.45, 2.75) is 39.0 Å². The molecule has 0 amide bonds. The third-order valence-electron chi connectivity index (χ3n) is 2.63. The van der Waals surface area contributed by atoms with Crippen LogP contribution in [0, 0.1) is 0 Å². The Bertz CT molecular complexity index is 379. The molecule has 0 heterocycles. The molecule has 0 aliphatic rings. The third kappa shape index (κ3) is 5.53. The molecule has 1 N–H and O–H groups in total. The molecular weight excluding hydrogens is 228 g/mol. The summed E-state index contributed by atoms with van der Waals surface area (Å²) in [5.41, 5.74) is 0.269. The van der Waals surface area contributed by atoms with E-state index in [-0.39, 0.29) is 5.56 Å². The Morgan fingerprint density at radius 2 is 1.94 bits per heavy atom. The van der Waals surface area contributed by atoms with Crippen LogP contribution in [0.25, 0.3) is 0 Å². The number of hydrogen-bond acceptors (Lipinski definition) is 2. The fraction of sp³-hybridized carbons (Fsp3) is 0.400. The van der Waals surface area contributed by atoms with Crippen LogP contribution in [0.5, 0.6) is 5.75 Å². The molecule has 3 heteroatoms. The van der Waals surface area contributed by atoms with E-state index in [0.717, 1.165) is 6.42 Å². The zero-order valence-corrected chi connectivity index (χ0v) is 10.8. The van der Waals surface area contributed by atoms with Crippen LogP contribution >= 0.6 is 0 Å². The van der Waals surface area contributed by atoms with E-state index >= 15 is 0 Å². The lowest BCUT2D eigenvalue weighted by Gasteiger charge is -2.00. The van der Waals surface area contributed by atoms with Crippen molar-refractivity contribution in [3.05, 3.63) is 42.2 Å². The van der Waals surface area contributed by atoms with E-state index in [9.17, 15) is 4.79 Å². The molecule has 98 valence electrons. The second-order valence-electron chi connectivity index (χ2n) is 4.17. The van der Waals surface area contributed by atoms with Gasteiger partial charge in [-0.1, -0.05) is 26.2 Å². The van der Waals surface area contributed by atoms with Gasteiger partial charge >= 0.3 is 5.97 Å². The lowest BCUT2D eigenvalue weighted by atomic mass is 10.1. The van der Waals surface area contributed by atoms with Crippen molar-refractivity contribution in [1.82, 2.24) is 0 Å². The Balaban J connectivity index is 2.26. The molecule has 0 fully saturated rings. The van der Waals surface area contributed by atoms with Gasteiger partial charge in [0.1, 0.15) is 5.75 Å². The lowest BCUT2D eigenvalue weighted by Crippen LogP contribution is -1.95. The minimum absolute atomic E-state index is 0.269. The molecule has 1 rings (SSSR count). The minimum Gasteiger partial charge on any atom is -0.478 e. The van der Waals surface area contributed by atoms with Gasteiger partial charge in [0, 0.05) is 0 Å². The summed E-state index contributed by atoms with van der Waals surface area (Å²) in [6, 6.07) is 6.38. The van der Waals surface area contributed by atoms with E-state index in [1.807, 2.05) is 6.08 Å². The molecule has 0 aliphatic carbocycles. The van der Waals surface area contributed by atoms with E-state index in [0.29, 0.717) is 5.75 Å². The van der Waals surface area contributed by atoms with Crippen molar-refractivity contribution < 1.29 is 14.6 Å². The topological polar surface area (TPSA) is 46.5 Å². The summed E-state index contributed by atoms with van der Waals surface area (Å²) < 4.78 is 5.37. The summed E-state index contributed by atoms with van der Waals surface area (Å²) in [6.45, 7) is 2.19. The molecule has 0 unspecified atom stereocenters. The fourth-order valence-electron chi connectivity index (χ4n) is 1.56. The molecule has 1 aromatic rings. The Labute approximate surface area is 108 Å². The average Bonchev–Trinajstić information content (AvgIpc) is 2.38. The maximum Gasteiger partial charge on any atom is 0.335 e. The molecule has 0 aliphatic heterocycles. The van der Waals surface area contributed by atoms with Crippen LogP contribution < -0.4 is 4.74 Å². The maximum atomic E-state index is 10.6. The summed E-state index contributed by atoms with van der Waals surface area (Å²) in [5, 5.41) is 8.74. The molecule has 0 saturated carbocycles. The molecule has 1 aromatic carbocycles. The predicted octanol–water partition coefficient (Wildman–Crippen LogP) is 4.25. The van der Waals surface area contributed by atoms with Crippen molar-refractivity contribution in [2.24, 2.45) is 0 Å². The van der Waals surface area contributed by atoms with Crippen LogP contribution in [-0.2, 0) is 0 Å². The zero-order valence-electron chi connectivity index (χ0n) is 10.8. The molecule has 0 radical (unpaired) electrons. The van der Waals surface area contributed by atoms with Crippen molar-refractivity contribution in [3.8, 4) is 5.75 Å². The number of benzene rings is 1. The number of hydrogen-bond donors (Lipinski definition) is 1. The van der Waals surface area contributed by atoms with E-state index in [4.69, 9.17) is 9.84 Å². The Morgan fingerprint density at radius 1 is 1.22 bits per heavy atom. The number of allylic oxidation sites excluding steroid dienone is 1. The fourth-order valence-corrected chi connectivity index (χ4v) is 1.56. The Hall–Kier alpha value is -1.77. The summed E-state index contributed by atoms with van der Waals surface area (Å²) >= 11 is 0. The third-order valence-corrected chi connectivity index (χ3v) is 2.63. The van der Waals surface area contributed by atoms with E-state index in [1.54, 1.807) is 18.4 Å². The first-order valence-electron chi connectivity index (χ1n) is 6.39. The molecule has 0 atom stereocenters. The summed E-state index contributed by atoms with van der Waals surface area (Å²) in [6.07, 6.45) is 9.66. The highest BCUT2D eigenvalue weighted by Crippen LogP contribution is 2.12. The number of unbranched alkanes of at least 4 members (excludes halogenated alkanes) is 4. The van der Waals surface area contributed by atoms with Crippen molar-refractivity contribution in [3.63, 3.8) is 0 Å². The normalized spacial score (nSPS) is 10.7. The smallest absolute Gasteiger partial charge is 0.335 e. The van der Waals surface area contributed by atoms with E-state index in [2.05, 4.69) is 6.92 Å². The van der Waals surface area contributed by atoms with E-state index in [1.165, 1.54) is 37.8 Å². The van der Waals surface area contributed by atoms with Gasteiger partial charge in [-0.3, -0.25) is 0 Å². The van der Waals surface area contributed by atoms with Gasteiger partial charge in [0.15, 0.2) is 0 Å². The second-order valence-corrected chi connectivity index (χ2v) is 4.17. The first-order chi connectivity index (χ1) is 8.74. The number of aromatic carboxylic acids is 1. The highest BCUT2D eigenvalue weighted by Gasteiger charge is 2.00. The highest BCUT2D eigenvalue weighted by molar-refractivity contribution is 5.87. The number of rotatable bonds is 8. The van der Waals surface area contributed by atoms with Crippen LogP contribution in [0.1, 0.15) is 49.4 Å². The minimum atomic E-state index is -0.923. The lowest BCUT2D eigenvalue weighted by molar-refractivity contribution is 0.0697. The van der Waals surface area contributed by atoms with Crippen LogP contribution in [0.3, 0.4) is 0 Å². The van der Waals surface area contributed by atoms with E-state index < -0.39 is 5.97 Å². The van der Waals surface area contributed by atoms with Gasteiger partial charge in [0.2, 0.25) is 0 Å². The van der Waals surface area contributed by atoms with Gasteiger partial charge in [-0.25, -0.2) is 4.79 Å². The van der Waals surface area contributed by atoms with Gasteiger partial charge in [0.25, 0.3) is 0 Å². The molecule has 0 spiro atoms. The summed E-state index contributed by atoms with van der Waals surface area (Å²) in [5.74, 6) is -0.266. The van der Waals surface area contributed by atoms with Gasteiger partial charge < -0.3 is 9.84 Å². The van der Waals surface area contributed by atoms with Gasteiger partial charge in [-0.2, -0.15) is 0 Å². The number of carbonyl (C=O) groups is 1. The molecule has 18 heavy (non-hydrogen) atoms. The molecule has 0 saturated heterocycles. The monoisotopic (exact) mass is 248 g/mol. The molecule has 0 bridgehead atoms. The van der Waals surface area contributed by atoms with Crippen molar-refractivity contribution in [2.75, 3.05) is 0 Å². The van der Waals surface area contributed by atoms with Gasteiger partial charge in [0.05, 0.1) is 11.8 Å². The van der Waals surface area contributed by atoms with Crippen LogP contribution in [-0.4, -0.2) is 11.1 Å². The SMILES string of the molecule is CCCCCC/C=C/Oc1ccc(C(=O)O)cc1. The summed E-state index contributed by atoms with van der Waals surface area (Å²) in [7, 11) is 0. The van der Waals surface area contributed by atoms with Crippen LogP contribution in [0.4, 0.5) is 0 Å². The van der Waals surface area contributed by atoms with Crippen molar-refractivity contribution >= 4 is 5.97 Å². The Kier molecular flexibility index (Phi) is 6.62. The predicted molar refractivity (Wildman–Crippen MR) is 71.9 cm³/mol. The molecular formula is C15H20O3. The first-order valence-corrected chi connectivity index (χ1v) is 6.39. The van der Waals surface area contributed by atoms with Crippen molar-refractivity contribution in [1.29, 1.82) is 0 Å². The largest absolute Gasteiger partial charge is 0.478 e. The second kappa shape index (κ2) is 8.34. The Morgan fingerprint density at radius 3 is 2.56 bits per heavy atom. The summed E-state index contributed by atoms with van der Waals surface area (Å²) in [4.78, 5) is 10.6. The maximum absolute atomic E-state index is 10.6. The molecule has 3 nitrogen and oxygen atoms in total. The number of ether oxygens (including phenoxy) is 1. The number of carboxylic acid groups (broad SMARTS) is 1. The standard InChI is InChI=1S/C15H20O3/c1-2-3-4-5-6-7-12-18-14-10-8-13(9-11-14)15(16)17/h7-12H,2-6H2,1H3,(H,16,17)/b12-7+. The van der Waals surface area contributed by atoms with Crippen LogP contribution in [0.2, 0.25) is 0 Å². The van der Waals surface area contributed by atoms with Gasteiger partial charge in [-0.15, -0.1) is 0 Å².